The number of thiophene rings is 1. The quantitative estimate of drug-likeness (QED) is 0.820. The summed E-state index contributed by atoms with van der Waals surface area (Å²) in [5.41, 5.74) is 0. The third-order valence-electron chi connectivity index (χ3n) is 4.29. The normalized spacial score (nSPS) is 22.0. The van der Waals surface area contributed by atoms with Gasteiger partial charge in [0.05, 0.1) is 6.54 Å². The number of hydrogen-bond acceptors (Lipinski definition) is 5. The Morgan fingerprint density at radius 1 is 1.43 bits per heavy atom. The van der Waals surface area contributed by atoms with Gasteiger partial charge in [-0.05, 0) is 30.5 Å². The van der Waals surface area contributed by atoms with Crippen molar-refractivity contribution in [2.45, 2.75) is 23.8 Å². The molecular weight excluding hydrogens is 354 g/mol. The van der Waals surface area contributed by atoms with Gasteiger partial charge >= 0.3 is 0 Å². The average molecular weight is 376 g/mol. The van der Waals surface area contributed by atoms with Crippen LogP contribution in [0.15, 0.2) is 16.3 Å². The lowest BCUT2D eigenvalue weighted by Crippen LogP contribution is -2.57. The van der Waals surface area contributed by atoms with Crippen LogP contribution in [0.1, 0.15) is 22.5 Å². The highest BCUT2D eigenvalue weighted by Crippen LogP contribution is 2.28. The molecule has 8 heteroatoms. The molecule has 2 aliphatic heterocycles. The fourth-order valence-electron chi connectivity index (χ4n) is 3.16. The Labute approximate surface area is 151 Å². The SMILES string of the molecule is CSc1ccsc1C(=O)N1CCCC(N2CCNCC2=O)C1.Cl. The van der Waals surface area contributed by atoms with E-state index in [2.05, 4.69) is 5.32 Å². The Balaban J connectivity index is 0.00000192. The van der Waals surface area contributed by atoms with Gasteiger partial charge in [-0.25, -0.2) is 0 Å². The van der Waals surface area contributed by atoms with Gasteiger partial charge < -0.3 is 15.1 Å². The zero-order chi connectivity index (χ0) is 15.5. The summed E-state index contributed by atoms with van der Waals surface area (Å²) < 4.78 is 0. The molecule has 1 atom stereocenters. The molecule has 1 unspecified atom stereocenters. The fourth-order valence-corrected chi connectivity index (χ4v) is 4.87. The Kier molecular flexibility index (Phi) is 6.76. The highest BCUT2D eigenvalue weighted by atomic mass is 35.5. The third kappa shape index (κ3) is 4.02. The molecule has 0 aliphatic carbocycles. The van der Waals surface area contributed by atoms with Crippen molar-refractivity contribution in [3.63, 3.8) is 0 Å². The first-order valence-corrected chi connectivity index (χ1v) is 9.72. The van der Waals surface area contributed by atoms with Crippen molar-refractivity contribution >= 4 is 47.3 Å². The van der Waals surface area contributed by atoms with Crippen LogP contribution >= 0.6 is 35.5 Å². The van der Waals surface area contributed by atoms with Crippen molar-refractivity contribution in [1.29, 1.82) is 0 Å². The Bertz CT molecular complexity index is 567. The number of nitrogens with one attached hydrogen (secondary N) is 1. The minimum Gasteiger partial charge on any atom is -0.336 e. The highest BCUT2D eigenvalue weighted by molar-refractivity contribution is 7.98. The molecule has 3 heterocycles. The van der Waals surface area contributed by atoms with Crippen LogP contribution in [0, 0.1) is 0 Å². The van der Waals surface area contributed by atoms with Gasteiger partial charge in [0.2, 0.25) is 5.91 Å². The van der Waals surface area contributed by atoms with E-state index >= 15 is 0 Å². The van der Waals surface area contributed by atoms with Gasteiger partial charge in [-0.1, -0.05) is 0 Å². The van der Waals surface area contributed by atoms with Crippen molar-refractivity contribution in [3.8, 4) is 0 Å². The second-order valence-corrected chi connectivity index (χ2v) is 7.39. The van der Waals surface area contributed by atoms with Gasteiger partial charge in [0.25, 0.3) is 5.91 Å². The number of amides is 2. The third-order valence-corrected chi connectivity index (χ3v) is 6.11. The number of carbonyl (C=O) groups excluding carboxylic acids is 2. The molecule has 0 bridgehead atoms. The van der Waals surface area contributed by atoms with Gasteiger partial charge in [0, 0.05) is 37.1 Å². The Hall–Kier alpha value is -0.760. The second kappa shape index (κ2) is 8.37. The van der Waals surface area contributed by atoms with E-state index in [0.717, 1.165) is 42.2 Å². The van der Waals surface area contributed by atoms with E-state index in [0.29, 0.717) is 13.1 Å². The van der Waals surface area contributed by atoms with E-state index in [1.165, 1.54) is 11.3 Å². The van der Waals surface area contributed by atoms with Crippen molar-refractivity contribution < 1.29 is 9.59 Å². The predicted octanol–water partition coefficient (Wildman–Crippen LogP) is 1.93. The minimum absolute atomic E-state index is 0. The molecule has 2 aliphatic rings. The van der Waals surface area contributed by atoms with Crippen LogP contribution in [-0.4, -0.2) is 66.6 Å². The molecular formula is C15H22ClN3O2S2. The van der Waals surface area contributed by atoms with Crippen LogP contribution in [0.2, 0.25) is 0 Å². The van der Waals surface area contributed by atoms with Crippen LogP contribution in [0.5, 0.6) is 0 Å². The number of likely N-dealkylation sites (tertiary alicyclic amines) is 1. The molecule has 2 fully saturated rings. The van der Waals surface area contributed by atoms with E-state index in [1.807, 2.05) is 27.5 Å². The molecule has 128 valence electrons. The van der Waals surface area contributed by atoms with Gasteiger partial charge in [-0.2, -0.15) is 0 Å². The number of halogens is 1. The maximum absolute atomic E-state index is 12.8. The molecule has 5 nitrogen and oxygen atoms in total. The molecule has 1 N–H and O–H groups in total. The Morgan fingerprint density at radius 2 is 2.26 bits per heavy atom. The minimum atomic E-state index is 0. The first-order valence-electron chi connectivity index (χ1n) is 7.61. The summed E-state index contributed by atoms with van der Waals surface area (Å²) in [6.07, 6.45) is 3.96. The number of piperazine rings is 1. The van der Waals surface area contributed by atoms with Crippen LogP contribution in [-0.2, 0) is 4.79 Å². The van der Waals surface area contributed by atoms with E-state index in [1.54, 1.807) is 11.8 Å². The number of carbonyl (C=O) groups is 2. The van der Waals surface area contributed by atoms with E-state index < -0.39 is 0 Å². The van der Waals surface area contributed by atoms with Crippen molar-refractivity contribution in [2.75, 3.05) is 39.0 Å². The zero-order valence-electron chi connectivity index (χ0n) is 13.1. The fraction of sp³-hybridized carbons (Fsp3) is 0.600. The predicted molar refractivity (Wildman–Crippen MR) is 96.9 cm³/mol. The van der Waals surface area contributed by atoms with Gasteiger partial charge in [0.1, 0.15) is 4.88 Å². The number of thioether (sulfide) groups is 1. The highest BCUT2D eigenvalue weighted by Gasteiger charge is 2.32. The van der Waals surface area contributed by atoms with Gasteiger partial charge in [-0.15, -0.1) is 35.5 Å². The molecule has 2 saturated heterocycles. The maximum Gasteiger partial charge on any atom is 0.265 e. The summed E-state index contributed by atoms with van der Waals surface area (Å²) >= 11 is 3.12. The molecule has 0 aromatic carbocycles. The summed E-state index contributed by atoms with van der Waals surface area (Å²) in [7, 11) is 0. The summed E-state index contributed by atoms with van der Waals surface area (Å²) in [6, 6.07) is 2.18. The molecule has 0 spiro atoms. The smallest absolute Gasteiger partial charge is 0.265 e. The summed E-state index contributed by atoms with van der Waals surface area (Å²) in [4.78, 5) is 30.6. The molecule has 2 amide bonds. The van der Waals surface area contributed by atoms with Crippen LogP contribution in [0.3, 0.4) is 0 Å². The van der Waals surface area contributed by atoms with E-state index in [9.17, 15) is 9.59 Å². The summed E-state index contributed by atoms with van der Waals surface area (Å²) in [5, 5.41) is 5.07. The summed E-state index contributed by atoms with van der Waals surface area (Å²) in [5.74, 6) is 0.276. The van der Waals surface area contributed by atoms with Crippen molar-refractivity contribution in [1.82, 2.24) is 15.1 Å². The lowest BCUT2D eigenvalue weighted by Gasteiger charge is -2.41. The lowest BCUT2D eigenvalue weighted by atomic mass is 10.0. The molecule has 3 rings (SSSR count). The standard InChI is InChI=1S/C15H21N3O2S2.ClH/c1-21-12-4-8-22-14(12)15(20)17-6-2-3-11(10-17)18-7-5-16-9-13(18)19;/h4,8,11,16H,2-3,5-7,9-10H2,1H3;1H. The topological polar surface area (TPSA) is 52.7 Å². The average Bonchev–Trinajstić information content (AvgIpc) is 3.03. The number of piperidine rings is 1. The Morgan fingerprint density at radius 3 is 3.00 bits per heavy atom. The molecule has 0 radical (unpaired) electrons. The first kappa shape index (κ1) is 18.6. The molecule has 1 aromatic heterocycles. The van der Waals surface area contributed by atoms with Crippen LogP contribution in [0.25, 0.3) is 0 Å². The maximum atomic E-state index is 12.8. The molecule has 0 saturated carbocycles. The largest absolute Gasteiger partial charge is 0.336 e. The van der Waals surface area contributed by atoms with Crippen LogP contribution in [0.4, 0.5) is 0 Å². The summed E-state index contributed by atoms with van der Waals surface area (Å²) in [6.45, 7) is 3.47. The van der Waals surface area contributed by atoms with E-state index in [4.69, 9.17) is 0 Å². The number of hydrogen-bond donors (Lipinski definition) is 1. The zero-order valence-corrected chi connectivity index (χ0v) is 15.6. The first-order chi connectivity index (χ1) is 10.7. The van der Waals surface area contributed by atoms with Crippen molar-refractivity contribution in [2.24, 2.45) is 0 Å². The number of rotatable bonds is 3. The van der Waals surface area contributed by atoms with Gasteiger partial charge in [-0.3, -0.25) is 9.59 Å². The lowest BCUT2D eigenvalue weighted by molar-refractivity contribution is -0.135. The second-order valence-electron chi connectivity index (χ2n) is 5.63. The molecule has 1 aromatic rings. The van der Waals surface area contributed by atoms with Gasteiger partial charge in [0.15, 0.2) is 0 Å². The monoisotopic (exact) mass is 375 g/mol. The number of nitrogens with zero attached hydrogens (tertiary/aromatic N) is 2. The van der Waals surface area contributed by atoms with Crippen LogP contribution < -0.4 is 5.32 Å². The van der Waals surface area contributed by atoms with E-state index in [-0.39, 0.29) is 30.3 Å². The molecule has 23 heavy (non-hydrogen) atoms. The van der Waals surface area contributed by atoms with Crippen molar-refractivity contribution in [3.05, 3.63) is 16.3 Å².